The summed E-state index contributed by atoms with van der Waals surface area (Å²) in [7, 11) is -3.51. The van der Waals surface area contributed by atoms with Gasteiger partial charge in [-0.3, -0.25) is 0 Å². The lowest BCUT2D eigenvalue weighted by molar-refractivity contribution is 0.546. The van der Waals surface area contributed by atoms with Crippen molar-refractivity contribution in [2.45, 2.75) is 44.1 Å². The highest BCUT2D eigenvalue weighted by Crippen LogP contribution is 2.22. The maximum Gasteiger partial charge on any atom is 0.158 e. The van der Waals surface area contributed by atoms with Crippen molar-refractivity contribution in [2.24, 2.45) is 0 Å². The first-order chi connectivity index (χ1) is 7.58. The first-order valence-corrected chi connectivity index (χ1v) is 6.84. The van der Waals surface area contributed by atoms with Gasteiger partial charge in [-0.2, -0.15) is 0 Å². The molecule has 0 unspecified atom stereocenters. The molecule has 0 aliphatic carbocycles. The van der Waals surface area contributed by atoms with Crippen LogP contribution < -0.4 is 0 Å². The van der Waals surface area contributed by atoms with Crippen LogP contribution in [0.2, 0.25) is 0 Å². The Morgan fingerprint density at radius 2 is 1.75 bits per heavy atom. The molecule has 1 rings (SSSR count). The molecule has 1 atom stereocenters. The topological polar surface area (TPSA) is 34.1 Å². The largest absolute Gasteiger partial charge is 0.228 e. The molecule has 0 amide bonds. The van der Waals surface area contributed by atoms with Gasteiger partial charge in [0.1, 0.15) is 0 Å². The Morgan fingerprint density at radius 1 is 1.25 bits per heavy atom. The Balaban J connectivity index is 3.06. The molecule has 0 heterocycles. The van der Waals surface area contributed by atoms with Crippen molar-refractivity contribution < 1.29 is 9.79 Å². The van der Waals surface area contributed by atoms with E-state index in [-0.39, 0.29) is 6.42 Å². The van der Waals surface area contributed by atoms with Gasteiger partial charge in [-0.15, -0.1) is 0 Å². The van der Waals surface area contributed by atoms with E-state index in [1.165, 1.54) is 6.92 Å². The Morgan fingerprint density at radius 3 is 2.19 bits per heavy atom. The monoisotopic (exact) mass is 241 g/mol. The molecule has 3 heteroatoms. The predicted molar refractivity (Wildman–Crippen MR) is 68.3 cm³/mol. The Labute approximate surface area is 100 Å². The highest BCUT2D eigenvalue weighted by atomic mass is 32.2. The highest BCUT2D eigenvalue weighted by Gasteiger charge is 2.34. The van der Waals surface area contributed by atoms with Crippen molar-refractivity contribution in [3.8, 4) is 0 Å². The number of rotatable bonds is 3. The second kappa shape index (κ2) is 4.58. The van der Waals surface area contributed by atoms with Crippen LogP contribution in [-0.4, -0.2) is 18.4 Å². The zero-order chi connectivity index (χ0) is 13.3. The van der Waals surface area contributed by atoms with E-state index in [4.69, 9.17) is 1.37 Å². The third kappa shape index (κ3) is 2.85. The lowest BCUT2D eigenvalue weighted by atomic mass is 10.1. The van der Waals surface area contributed by atoms with E-state index in [1.807, 2.05) is 30.3 Å². The summed E-state index contributed by atoms with van der Waals surface area (Å²) in [6.07, 6.45) is 0.216. The van der Waals surface area contributed by atoms with Crippen LogP contribution in [0.3, 0.4) is 0 Å². The molecule has 0 N–H and O–H groups in total. The molecule has 0 aliphatic heterocycles. The van der Waals surface area contributed by atoms with E-state index in [0.717, 1.165) is 5.56 Å². The summed E-state index contributed by atoms with van der Waals surface area (Å²) in [5, 5.41) is -1.49. The van der Waals surface area contributed by atoms with E-state index in [0.29, 0.717) is 0 Å². The Hall–Kier alpha value is -0.830. The molecule has 16 heavy (non-hydrogen) atoms. The maximum atomic E-state index is 12.3. The molecule has 1 aromatic rings. The van der Waals surface area contributed by atoms with Crippen LogP contribution >= 0.6 is 0 Å². The predicted octanol–water partition coefficient (Wildman–Crippen LogP) is 2.83. The quantitative estimate of drug-likeness (QED) is 0.815. The van der Waals surface area contributed by atoms with Crippen molar-refractivity contribution in [1.82, 2.24) is 0 Å². The fourth-order valence-electron chi connectivity index (χ4n) is 1.50. The van der Waals surface area contributed by atoms with Crippen molar-refractivity contribution in [3.05, 3.63) is 35.9 Å². The molecular weight excluding hydrogens is 220 g/mol. The minimum absolute atomic E-state index is 0.216. The van der Waals surface area contributed by atoms with E-state index in [9.17, 15) is 8.42 Å². The average Bonchev–Trinajstić information content (AvgIpc) is 2.16. The molecular formula is C13H20O2S. The van der Waals surface area contributed by atoms with Crippen molar-refractivity contribution in [1.29, 1.82) is 0 Å². The molecule has 2 nitrogen and oxygen atoms in total. The van der Waals surface area contributed by atoms with Gasteiger partial charge in [-0.05, 0) is 39.7 Å². The molecule has 0 radical (unpaired) electrons. The van der Waals surface area contributed by atoms with Crippen LogP contribution in [0.4, 0.5) is 0 Å². The average molecular weight is 241 g/mol. The molecule has 0 saturated carbocycles. The summed E-state index contributed by atoms with van der Waals surface area (Å²) < 4.78 is 31.8. The van der Waals surface area contributed by atoms with Crippen LogP contribution in [0.1, 0.15) is 34.6 Å². The lowest BCUT2D eigenvalue weighted by Gasteiger charge is -2.24. The van der Waals surface area contributed by atoms with Gasteiger partial charge < -0.3 is 0 Å². The van der Waals surface area contributed by atoms with E-state index in [2.05, 4.69) is 0 Å². The summed E-state index contributed by atoms with van der Waals surface area (Å²) in [6.45, 7) is 6.39. The summed E-state index contributed by atoms with van der Waals surface area (Å²) >= 11 is 0. The summed E-state index contributed by atoms with van der Waals surface area (Å²) in [6, 6.07) is 9.29. The zero-order valence-electron chi connectivity index (χ0n) is 11.3. The number of benzene rings is 1. The molecule has 0 spiro atoms. The fourth-order valence-corrected chi connectivity index (χ4v) is 2.90. The number of hydrogen-bond donors (Lipinski definition) is 0. The van der Waals surface area contributed by atoms with Gasteiger partial charge in [0.25, 0.3) is 0 Å². The molecule has 0 bridgehead atoms. The molecule has 0 aliphatic rings. The molecule has 90 valence electrons. The minimum atomic E-state index is -3.51. The van der Waals surface area contributed by atoms with Crippen LogP contribution in [0.15, 0.2) is 30.3 Å². The third-order valence-electron chi connectivity index (χ3n) is 2.56. The van der Waals surface area contributed by atoms with Crippen molar-refractivity contribution >= 4 is 9.84 Å². The SMILES string of the molecule is [2H][C@](C)(Cc1ccccc1)S(=O)(=O)C(C)(C)C. The van der Waals surface area contributed by atoms with E-state index >= 15 is 0 Å². The molecule has 0 saturated heterocycles. The van der Waals surface area contributed by atoms with Crippen LogP contribution in [0.25, 0.3) is 0 Å². The normalized spacial score (nSPS) is 17.6. The van der Waals surface area contributed by atoms with E-state index in [1.54, 1.807) is 20.8 Å². The summed E-state index contributed by atoms with van der Waals surface area (Å²) in [4.78, 5) is 0. The second-order valence-corrected chi connectivity index (χ2v) is 7.91. The summed E-state index contributed by atoms with van der Waals surface area (Å²) in [5.41, 5.74) is 0.873. The Kier molecular flexibility index (Phi) is 3.33. The molecule has 0 fully saturated rings. The van der Waals surface area contributed by atoms with Crippen molar-refractivity contribution in [3.63, 3.8) is 0 Å². The number of hydrogen-bond acceptors (Lipinski definition) is 2. The summed E-state index contributed by atoms with van der Waals surface area (Å²) in [5.74, 6) is 0. The van der Waals surface area contributed by atoms with Gasteiger partial charge in [0, 0.05) is 1.37 Å². The van der Waals surface area contributed by atoms with E-state index < -0.39 is 19.8 Å². The fraction of sp³-hybridized carbons (Fsp3) is 0.538. The van der Waals surface area contributed by atoms with Gasteiger partial charge in [-0.1, -0.05) is 30.3 Å². The maximum absolute atomic E-state index is 12.3. The van der Waals surface area contributed by atoms with Gasteiger partial charge in [0.15, 0.2) is 9.84 Å². The van der Waals surface area contributed by atoms with Crippen LogP contribution in [0, 0.1) is 0 Å². The van der Waals surface area contributed by atoms with Gasteiger partial charge in [0.2, 0.25) is 0 Å². The first-order valence-electron chi connectivity index (χ1n) is 5.86. The highest BCUT2D eigenvalue weighted by molar-refractivity contribution is 7.93. The Bertz CT molecular complexity index is 470. The van der Waals surface area contributed by atoms with Crippen molar-refractivity contribution in [2.75, 3.05) is 0 Å². The van der Waals surface area contributed by atoms with Crippen LogP contribution in [0.5, 0.6) is 0 Å². The van der Waals surface area contributed by atoms with Gasteiger partial charge >= 0.3 is 0 Å². The second-order valence-electron chi connectivity index (χ2n) is 4.98. The molecule has 0 aromatic heterocycles. The standard InChI is InChI=1S/C13H20O2S/c1-11(16(14,15)13(2,3)4)10-12-8-6-5-7-9-12/h5-9,11H,10H2,1-4H3/t11-/m0/s1/i11D. The number of sulfone groups is 1. The smallest absolute Gasteiger partial charge is 0.158 e. The van der Waals surface area contributed by atoms with Gasteiger partial charge in [0.05, 0.1) is 9.97 Å². The molecule has 1 aromatic carbocycles. The van der Waals surface area contributed by atoms with Gasteiger partial charge in [-0.25, -0.2) is 8.42 Å². The zero-order valence-corrected chi connectivity index (χ0v) is 11.1. The minimum Gasteiger partial charge on any atom is -0.228 e. The van der Waals surface area contributed by atoms with Crippen LogP contribution in [-0.2, 0) is 16.3 Å². The third-order valence-corrected chi connectivity index (χ3v) is 5.24. The lowest BCUT2D eigenvalue weighted by Crippen LogP contribution is -2.36. The first kappa shape index (κ1) is 11.6.